The van der Waals surface area contributed by atoms with Crippen molar-refractivity contribution in [2.45, 2.75) is 0 Å². The monoisotopic (exact) mass is 285 g/mol. The van der Waals surface area contributed by atoms with Crippen molar-refractivity contribution in [1.29, 1.82) is 0 Å². The van der Waals surface area contributed by atoms with E-state index in [0.29, 0.717) is 17.3 Å². The maximum absolute atomic E-state index is 9.67. The highest BCUT2D eigenvalue weighted by Gasteiger charge is 2.16. The van der Waals surface area contributed by atoms with Crippen molar-refractivity contribution in [2.24, 2.45) is 4.99 Å². The molecule has 2 aromatic rings. The number of aliphatic imine (C=N–C) groups is 1. The summed E-state index contributed by atoms with van der Waals surface area (Å²) in [5.74, 6) is 0.912. The number of hydrogen-bond donors (Lipinski definition) is 1. The Morgan fingerprint density at radius 1 is 1.10 bits per heavy atom. The van der Waals surface area contributed by atoms with Crippen LogP contribution in [-0.2, 0) is 0 Å². The van der Waals surface area contributed by atoms with Gasteiger partial charge in [-0.05, 0) is 24.3 Å². The summed E-state index contributed by atoms with van der Waals surface area (Å²) in [6.45, 7) is 0.368. The lowest BCUT2D eigenvalue weighted by molar-refractivity contribution is 0.353. The topological polar surface area (TPSA) is 41.8 Å². The van der Waals surface area contributed by atoms with Gasteiger partial charge in [0.2, 0.25) is 0 Å². The van der Waals surface area contributed by atoms with Crippen LogP contribution in [0.5, 0.6) is 11.5 Å². The molecule has 0 spiro atoms. The van der Waals surface area contributed by atoms with Crippen LogP contribution in [0, 0.1) is 0 Å². The molecule has 0 amide bonds. The summed E-state index contributed by atoms with van der Waals surface area (Å²) in [5.41, 5.74) is 2.15. The van der Waals surface area contributed by atoms with E-state index >= 15 is 0 Å². The number of para-hydroxylation sites is 3. The molecule has 1 N–H and O–H groups in total. The second-order valence-corrected chi connectivity index (χ2v) is 4.75. The molecule has 3 rings (SSSR count). The summed E-state index contributed by atoms with van der Waals surface area (Å²) >= 11 is 6.37. The molecular formula is C16H12ClNO2. The Morgan fingerprint density at radius 2 is 1.85 bits per heavy atom. The Hall–Kier alpha value is -2.26. The fourth-order valence-corrected chi connectivity index (χ4v) is 2.24. The largest absolute Gasteiger partial charge is 0.506 e. The number of phenols is 1. The minimum Gasteiger partial charge on any atom is -0.506 e. The summed E-state index contributed by atoms with van der Waals surface area (Å²) in [7, 11) is 0. The van der Waals surface area contributed by atoms with Gasteiger partial charge in [0, 0.05) is 17.4 Å². The lowest BCUT2D eigenvalue weighted by Crippen LogP contribution is -2.10. The van der Waals surface area contributed by atoms with E-state index in [0.717, 1.165) is 16.9 Å². The van der Waals surface area contributed by atoms with E-state index in [4.69, 9.17) is 16.3 Å². The highest BCUT2D eigenvalue weighted by molar-refractivity contribution is 6.51. The first-order valence-corrected chi connectivity index (χ1v) is 6.56. The van der Waals surface area contributed by atoms with E-state index < -0.39 is 0 Å². The normalized spacial score (nSPS) is 14.2. The fourth-order valence-electron chi connectivity index (χ4n) is 1.98. The van der Waals surface area contributed by atoms with Gasteiger partial charge in [0.05, 0.1) is 5.03 Å². The van der Waals surface area contributed by atoms with E-state index in [1.165, 1.54) is 0 Å². The molecule has 0 fully saturated rings. The van der Waals surface area contributed by atoms with Gasteiger partial charge in [0.25, 0.3) is 0 Å². The smallest absolute Gasteiger partial charge is 0.141 e. The molecule has 2 aromatic carbocycles. The highest BCUT2D eigenvalue weighted by Crippen LogP contribution is 2.35. The quantitative estimate of drug-likeness (QED) is 0.843. The van der Waals surface area contributed by atoms with Gasteiger partial charge in [-0.1, -0.05) is 35.9 Å². The second-order valence-electron chi connectivity index (χ2n) is 4.37. The summed E-state index contributed by atoms with van der Waals surface area (Å²) in [6, 6.07) is 14.5. The van der Waals surface area contributed by atoms with Crippen LogP contribution in [0.2, 0.25) is 0 Å². The highest BCUT2D eigenvalue weighted by atomic mass is 35.5. The molecule has 0 unspecified atom stereocenters. The standard InChI is InChI=1S/C16H12ClNO2/c17-16-11(9-18-13-6-2-3-7-14(13)19)10-20-15-8-4-1-5-12(15)16/h1-9,19H,10H2. The second kappa shape index (κ2) is 5.39. The molecule has 20 heavy (non-hydrogen) atoms. The first-order valence-electron chi connectivity index (χ1n) is 6.18. The van der Waals surface area contributed by atoms with Gasteiger partial charge in [-0.3, -0.25) is 4.99 Å². The SMILES string of the molecule is Oc1ccccc1N=CC1=C(Cl)c2ccccc2OC1. The van der Waals surface area contributed by atoms with Crippen LogP contribution in [0.3, 0.4) is 0 Å². The third kappa shape index (κ3) is 2.40. The number of ether oxygens (including phenoxy) is 1. The van der Waals surface area contributed by atoms with Crippen molar-refractivity contribution in [3.05, 3.63) is 59.7 Å². The van der Waals surface area contributed by atoms with E-state index in [1.54, 1.807) is 24.4 Å². The maximum atomic E-state index is 9.67. The van der Waals surface area contributed by atoms with Crippen molar-refractivity contribution >= 4 is 28.5 Å². The van der Waals surface area contributed by atoms with Gasteiger partial charge in [-0.15, -0.1) is 0 Å². The van der Waals surface area contributed by atoms with Crippen LogP contribution in [-0.4, -0.2) is 17.9 Å². The molecular weight excluding hydrogens is 274 g/mol. The third-order valence-electron chi connectivity index (χ3n) is 3.03. The number of rotatable bonds is 2. The summed E-state index contributed by atoms with van der Waals surface area (Å²) in [5, 5.41) is 10.3. The molecule has 3 nitrogen and oxygen atoms in total. The van der Waals surface area contributed by atoms with Crippen molar-refractivity contribution in [1.82, 2.24) is 0 Å². The van der Waals surface area contributed by atoms with Gasteiger partial charge in [0.1, 0.15) is 23.8 Å². The van der Waals surface area contributed by atoms with Crippen molar-refractivity contribution in [3.8, 4) is 11.5 Å². The molecule has 0 atom stereocenters. The zero-order chi connectivity index (χ0) is 13.9. The molecule has 1 heterocycles. The molecule has 0 radical (unpaired) electrons. The lowest BCUT2D eigenvalue weighted by atomic mass is 10.1. The van der Waals surface area contributed by atoms with Gasteiger partial charge in [0.15, 0.2) is 0 Å². The van der Waals surface area contributed by atoms with Crippen molar-refractivity contribution in [3.63, 3.8) is 0 Å². The fraction of sp³-hybridized carbons (Fsp3) is 0.0625. The van der Waals surface area contributed by atoms with Crippen LogP contribution in [0.25, 0.3) is 5.03 Å². The number of benzene rings is 2. The van der Waals surface area contributed by atoms with Crippen LogP contribution >= 0.6 is 11.6 Å². The van der Waals surface area contributed by atoms with Gasteiger partial charge >= 0.3 is 0 Å². The van der Waals surface area contributed by atoms with Crippen molar-refractivity contribution in [2.75, 3.05) is 6.61 Å². The molecule has 0 aromatic heterocycles. The molecule has 0 saturated heterocycles. The van der Waals surface area contributed by atoms with Crippen LogP contribution in [0.15, 0.2) is 59.1 Å². The average Bonchev–Trinajstić information content (AvgIpc) is 2.48. The van der Waals surface area contributed by atoms with Gasteiger partial charge in [-0.25, -0.2) is 0 Å². The van der Waals surface area contributed by atoms with E-state index in [1.807, 2.05) is 30.3 Å². The molecule has 0 aliphatic carbocycles. The zero-order valence-corrected chi connectivity index (χ0v) is 11.3. The Kier molecular flexibility index (Phi) is 3.44. The summed E-state index contributed by atoms with van der Waals surface area (Å²) in [4.78, 5) is 4.26. The lowest BCUT2D eigenvalue weighted by Gasteiger charge is -2.18. The number of fused-ring (bicyclic) bond motifs is 1. The molecule has 0 saturated carbocycles. The predicted molar refractivity (Wildman–Crippen MR) is 81.0 cm³/mol. The minimum absolute atomic E-state index is 0.137. The Morgan fingerprint density at radius 3 is 2.70 bits per heavy atom. The Labute approximate surface area is 121 Å². The first-order chi connectivity index (χ1) is 9.75. The number of nitrogens with zero attached hydrogens (tertiary/aromatic N) is 1. The molecule has 4 heteroatoms. The summed E-state index contributed by atoms with van der Waals surface area (Å²) < 4.78 is 5.63. The number of halogens is 1. The molecule has 100 valence electrons. The van der Waals surface area contributed by atoms with E-state index in [9.17, 15) is 5.11 Å². The number of aromatic hydroxyl groups is 1. The first kappa shape index (κ1) is 12.8. The van der Waals surface area contributed by atoms with Gasteiger partial charge in [-0.2, -0.15) is 0 Å². The zero-order valence-electron chi connectivity index (χ0n) is 10.6. The number of hydrogen-bond acceptors (Lipinski definition) is 3. The number of phenolic OH excluding ortho intramolecular Hbond substituents is 1. The van der Waals surface area contributed by atoms with Crippen LogP contribution in [0.1, 0.15) is 5.56 Å². The minimum atomic E-state index is 0.137. The van der Waals surface area contributed by atoms with E-state index in [-0.39, 0.29) is 5.75 Å². The molecule has 0 bridgehead atoms. The Bertz CT molecular complexity index is 707. The van der Waals surface area contributed by atoms with Gasteiger partial charge < -0.3 is 9.84 Å². The Balaban J connectivity index is 1.94. The van der Waals surface area contributed by atoms with Crippen molar-refractivity contribution < 1.29 is 9.84 Å². The molecule has 1 aliphatic rings. The molecule has 1 aliphatic heterocycles. The third-order valence-corrected chi connectivity index (χ3v) is 3.48. The van der Waals surface area contributed by atoms with Crippen LogP contribution in [0.4, 0.5) is 5.69 Å². The van der Waals surface area contributed by atoms with E-state index in [2.05, 4.69) is 4.99 Å². The summed E-state index contributed by atoms with van der Waals surface area (Å²) in [6.07, 6.45) is 1.63. The average molecular weight is 286 g/mol. The van der Waals surface area contributed by atoms with Crippen LogP contribution < -0.4 is 4.74 Å². The maximum Gasteiger partial charge on any atom is 0.141 e. The predicted octanol–water partition coefficient (Wildman–Crippen LogP) is 4.14.